The van der Waals surface area contributed by atoms with E-state index in [9.17, 15) is 9.50 Å². The second-order valence-corrected chi connectivity index (χ2v) is 6.60. The second kappa shape index (κ2) is 4.36. The molecule has 3 heteroatoms. The van der Waals surface area contributed by atoms with Gasteiger partial charge in [0.05, 0.1) is 5.60 Å². The van der Waals surface area contributed by atoms with E-state index in [1.54, 1.807) is 12.1 Å². The fourth-order valence-electron chi connectivity index (χ4n) is 2.72. The first kappa shape index (κ1) is 13.0. The highest BCUT2D eigenvalue weighted by Crippen LogP contribution is 2.47. The predicted octanol–water partition coefficient (Wildman–Crippen LogP) is 4.07. The van der Waals surface area contributed by atoms with Gasteiger partial charge in [0.25, 0.3) is 0 Å². The standard InChI is InChI=1S/C14H18BrFO/c1-13(2)6-3-7-14(13,17)9-10-8-11(15)4-5-12(10)16/h4-5,8,17H,3,6-7,9H2,1-2H3. The minimum atomic E-state index is -0.783. The molecule has 0 amide bonds. The number of halogens is 2. The molecule has 1 unspecified atom stereocenters. The van der Waals surface area contributed by atoms with Crippen molar-refractivity contribution in [3.63, 3.8) is 0 Å². The zero-order valence-corrected chi connectivity index (χ0v) is 11.8. The lowest BCUT2D eigenvalue weighted by atomic mass is 9.74. The van der Waals surface area contributed by atoms with Crippen molar-refractivity contribution in [2.24, 2.45) is 5.41 Å². The minimum absolute atomic E-state index is 0.137. The van der Waals surface area contributed by atoms with Crippen molar-refractivity contribution in [3.8, 4) is 0 Å². The number of aliphatic hydroxyl groups is 1. The Hall–Kier alpha value is -0.410. The van der Waals surface area contributed by atoms with Crippen LogP contribution in [-0.4, -0.2) is 10.7 Å². The van der Waals surface area contributed by atoms with E-state index in [2.05, 4.69) is 29.8 Å². The van der Waals surface area contributed by atoms with Crippen LogP contribution in [-0.2, 0) is 6.42 Å². The molecule has 1 aliphatic carbocycles. The van der Waals surface area contributed by atoms with Crippen LogP contribution >= 0.6 is 15.9 Å². The smallest absolute Gasteiger partial charge is 0.126 e. The van der Waals surface area contributed by atoms with Gasteiger partial charge in [-0.25, -0.2) is 4.39 Å². The Kier molecular flexibility index (Phi) is 3.34. The number of hydrogen-bond donors (Lipinski definition) is 1. The lowest BCUT2D eigenvalue weighted by Crippen LogP contribution is -2.42. The first-order valence-corrected chi connectivity index (χ1v) is 6.80. The predicted molar refractivity (Wildman–Crippen MR) is 70.4 cm³/mol. The zero-order chi connectivity index (χ0) is 12.7. The summed E-state index contributed by atoms with van der Waals surface area (Å²) in [6.45, 7) is 4.13. The molecule has 1 saturated carbocycles. The monoisotopic (exact) mass is 300 g/mol. The fraction of sp³-hybridized carbons (Fsp3) is 0.571. The molecular weight excluding hydrogens is 283 g/mol. The van der Waals surface area contributed by atoms with E-state index >= 15 is 0 Å². The molecule has 0 saturated heterocycles. The lowest BCUT2D eigenvalue weighted by molar-refractivity contribution is -0.0425. The maximum absolute atomic E-state index is 13.7. The molecule has 1 atom stereocenters. The molecule has 0 aromatic heterocycles. The van der Waals surface area contributed by atoms with Crippen LogP contribution < -0.4 is 0 Å². The summed E-state index contributed by atoms with van der Waals surface area (Å²) in [5.74, 6) is -0.232. The Bertz CT molecular complexity index is 430. The van der Waals surface area contributed by atoms with E-state index in [1.807, 2.05) is 0 Å². The Morgan fingerprint density at radius 1 is 1.35 bits per heavy atom. The summed E-state index contributed by atoms with van der Waals surface area (Å²) in [5.41, 5.74) is -0.326. The molecule has 1 nitrogen and oxygen atoms in total. The largest absolute Gasteiger partial charge is 0.389 e. The van der Waals surface area contributed by atoms with Crippen LogP contribution in [0, 0.1) is 11.2 Å². The van der Waals surface area contributed by atoms with Crippen LogP contribution in [0.1, 0.15) is 38.7 Å². The Balaban J connectivity index is 2.29. The highest BCUT2D eigenvalue weighted by atomic mass is 79.9. The lowest BCUT2D eigenvalue weighted by Gasteiger charge is -2.37. The van der Waals surface area contributed by atoms with E-state index in [0.717, 1.165) is 23.7 Å². The molecule has 1 aromatic carbocycles. The van der Waals surface area contributed by atoms with Gasteiger partial charge >= 0.3 is 0 Å². The van der Waals surface area contributed by atoms with Crippen molar-refractivity contribution in [1.82, 2.24) is 0 Å². The van der Waals surface area contributed by atoms with Crippen molar-refractivity contribution in [2.45, 2.75) is 45.1 Å². The summed E-state index contributed by atoms with van der Waals surface area (Å²) < 4.78 is 14.6. The van der Waals surface area contributed by atoms with Gasteiger partial charge in [-0.05, 0) is 48.4 Å². The SMILES string of the molecule is CC1(C)CCCC1(O)Cc1cc(Br)ccc1F. The molecule has 1 fully saturated rings. The van der Waals surface area contributed by atoms with Crippen LogP contribution in [0.15, 0.2) is 22.7 Å². The summed E-state index contributed by atoms with van der Waals surface area (Å²) in [6.07, 6.45) is 3.16. The fourth-order valence-corrected chi connectivity index (χ4v) is 3.12. The third kappa shape index (κ3) is 2.41. The molecule has 0 heterocycles. The first-order chi connectivity index (χ1) is 7.84. The maximum atomic E-state index is 13.7. The summed E-state index contributed by atoms with van der Waals surface area (Å²) in [5, 5.41) is 10.7. The van der Waals surface area contributed by atoms with Crippen molar-refractivity contribution in [3.05, 3.63) is 34.1 Å². The van der Waals surface area contributed by atoms with Gasteiger partial charge in [0.2, 0.25) is 0 Å². The summed E-state index contributed by atoms with van der Waals surface area (Å²) in [7, 11) is 0. The average Bonchev–Trinajstić information content (AvgIpc) is 2.47. The quantitative estimate of drug-likeness (QED) is 0.873. The van der Waals surface area contributed by atoms with Gasteiger partial charge in [-0.3, -0.25) is 0 Å². The van der Waals surface area contributed by atoms with Gasteiger partial charge < -0.3 is 5.11 Å². The molecule has 1 aromatic rings. The van der Waals surface area contributed by atoms with E-state index in [0.29, 0.717) is 12.0 Å². The van der Waals surface area contributed by atoms with E-state index in [1.165, 1.54) is 6.07 Å². The molecule has 94 valence electrons. The molecule has 0 aliphatic heterocycles. The highest BCUT2D eigenvalue weighted by Gasteiger charge is 2.47. The Labute approximate surface area is 110 Å². The summed E-state index contributed by atoms with van der Waals surface area (Å²) in [4.78, 5) is 0. The summed E-state index contributed by atoms with van der Waals surface area (Å²) >= 11 is 3.34. The van der Waals surface area contributed by atoms with Gasteiger partial charge in [-0.2, -0.15) is 0 Å². The van der Waals surface area contributed by atoms with Crippen LogP contribution in [0.4, 0.5) is 4.39 Å². The highest BCUT2D eigenvalue weighted by molar-refractivity contribution is 9.10. The van der Waals surface area contributed by atoms with Crippen LogP contribution in [0.5, 0.6) is 0 Å². The number of benzene rings is 1. The number of rotatable bonds is 2. The molecule has 0 spiro atoms. The van der Waals surface area contributed by atoms with Gasteiger partial charge in [-0.1, -0.05) is 29.8 Å². The van der Waals surface area contributed by atoms with Crippen molar-refractivity contribution < 1.29 is 9.50 Å². The molecule has 0 radical (unpaired) electrons. The second-order valence-electron chi connectivity index (χ2n) is 5.68. The van der Waals surface area contributed by atoms with Gasteiger partial charge in [0.15, 0.2) is 0 Å². The van der Waals surface area contributed by atoms with Crippen molar-refractivity contribution in [1.29, 1.82) is 0 Å². The van der Waals surface area contributed by atoms with E-state index in [-0.39, 0.29) is 11.2 Å². The normalized spacial score (nSPS) is 27.4. The molecule has 1 aliphatic rings. The maximum Gasteiger partial charge on any atom is 0.126 e. The van der Waals surface area contributed by atoms with Crippen molar-refractivity contribution in [2.75, 3.05) is 0 Å². The topological polar surface area (TPSA) is 20.2 Å². The van der Waals surface area contributed by atoms with Crippen LogP contribution in [0.2, 0.25) is 0 Å². The molecular formula is C14H18BrFO. The summed E-state index contributed by atoms with van der Waals surface area (Å²) in [6, 6.07) is 4.90. The molecule has 17 heavy (non-hydrogen) atoms. The Morgan fingerprint density at radius 2 is 2.06 bits per heavy atom. The number of hydrogen-bond acceptors (Lipinski definition) is 1. The third-order valence-corrected chi connectivity index (χ3v) is 4.64. The molecule has 0 bridgehead atoms. The van der Waals surface area contributed by atoms with Crippen LogP contribution in [0.25, 0.3) is 0 Å². The minimum Gasteiger partial charge on any atom is -0.389 e. The molecule has 1 N–H and O–H groups in total. The van der Waals surface area contributed by atoms with Gasteiger partial charge in [-0.15, -0.1) is 0 Å². The van der Waals surface area contributed by atoms with Gasteiger partial charge in [0.1, 0.15) is 5.82 Å². The third-order valence-electron chi connectivity index (χ3n) is 4.14. The van der Waals surface area contributed by atoms with Crippen LogP contribution in [0.3, 0.4) is 0 Å². The van der Waals surface area contributed by atoms with Gasteiger partial charge in [0, 0.05) is 10.9 Å². The molecule has 2 rings (SSSR count). The zero-order valence-electron chi connectivity index (χ0n) is 10.3. The average molecular weight is 301 g/mol. The van der Waals surface area contributed by atoms with E-state index < -0.39 is 5.60 Å². The van der Waals surface area contributed by atoms with E-state index in [4.69, 9.17) is 0 Å². The Morgan fingerprint density at radius 3 is 2.65 bits per heavy atom. The first-order valence-electron chi connectivity index (χ1n) is 6.00. The van der Waals surface area contributed by atoms with Crippen molar-refractivity contribution >= 4 is 15.9 Å².